The van der Waals surface area contributed by atoms with Crippen LogP contribution in [0.5, 0.6) is 11.5 Å². The van der Waals surface area contributed by atoms with Gasteiger partial charge in [-0.2, -0.15) is 0 Å². The summed E-state index contributed by atoms with van der Waals surface area (Å²) in [7, 11) is 3.10. The molecule has 0 saturated carbocycles. The molecule has 0 spiro atoms. The molecule has 0 unspecified atom stereocenters. The van der Waals surface area contributed by atoms with Gasteiger partial charge < -0.3 is 20.5 Å². The molecule has 128 valence electrons. The van der Waals surface area contributed by atoms with Crippen LogP contribution in [-0.2, 0) is 13.1 Å². The fraction of sp³-hybridized carbons (Fsp3) is 0.235. The number of ether oxygens (including phenoxy) is 1. The minimum Gasteiger partial charge on any atom is -0.508 e. The average molecular weight is 335 g/mol. The van der Waals surface area contributed by atoms with Crippen molar-refractivity contribution in [3.05, 3.63) is 59.2 Å². The molecule has 2 aromatic rings. The minimum atomic E-state index is -0.502. The van der Waals surface area contributed by atoms with Crippen molar-refractivity contribution >= 4 is 5.96 Å². The lowest BCUT2D eigenvalue weighted by Crippen LogP contribution is -2.36. The van der Waals surface area contributed by atoms with Gasteiger partial charge in [-0.1, -0.05) is 0 Å². The number of hydrogen-bond acceptors (Lipinski definition) is 3. The predicted molar refractivity (Wildman–Crippen MR) is 88.1 cm³/mol. The van der Waals surface area contributed by atoms with Crippen molar-refractivity contribution in [2.75, 3.05) is 14.2 Å². The van der Waals surface area contributed by atoms with Crippen LogP contribution in [0.3, 0.4) is 0 Å². The number of nitrogens with one attached hydrogen (secondary N) is 2. The molecule has 0 bridgehead atoms. The number of nitrogens with zero attached hydrogens (tertiary/aromatic N) is 1. The Bertz CT molecular complexity index is 736. The Hall–Kier alpha value is -2.83. The minimum absolute atomic E-state index is 0.0767. The zero-order valence-corrected chi connectivity index (χ0v) is 13.4. The Kier molecular flexibility index (Phi) is 5.95. The number of benzene rings is 2. The van der Waals surface area contributed by atoms with E-state index in [0.717, 1.165) is 18.2 Å². The second-order valence-electron chi connectivity index (χ2n) is 5.01. The molecule has 3 N–H and O–H groups in total. The summed E-state index contributed by atoms with van der Waals surface area (Å²) in [5.74, 6) is 0.132. The number of methoxy groups -OCH3 is 1. The Morgan fingerprint density at radius 2 is 1.79 bits per heavy atom. The number of aromatic hydroxyl groups is 1. The predicted octanol–water partition coefficient (Wildman–Crippen LogP) is 2.54. The lowest BCUT2D eigenvalue weighted by molar-refractivity contribution is 0.410. The van der Waals surface area contributed by atoms with Crippen LogP contribution < -0.4 is 15.4 Å². The van der Waals surface area contributed by atoms with E-state index in [1.165, 1.54) is 13.2 Å². The van der Waals surface area contributed by atoms with Crippen LogP contribution in [0.25, 0.3) is 0 Å². The van der Waals surface area contributed by atoms with Crippen LogP contribution in [0, 0.1) is 11.6 Å². The third-order valence-electron chi connectivity index (χ3n) is 3.41. The van der Waals surface area contributed by atoms with Gasteiger partial charge in [0, 0.05) is 31.3 Å². The highest BCUT2D eigenvalue weighted by molar-refractivity contribution is 5.79. The third-order valence-corrected chi connectivity index (χ3v) is 3.41. The molecule has 0 aliphatic rings. The summed E-state index contributed by atoms with van der Waals surface area (Å²) in [5.41, 5.74) is 0.816. The van der Waals surface area contributed by atoms with Crippen LogP contribution in [0.1, 0.15) is 11.1 Å². The average Bonchev–Trinajstić information content (AvgIpc) is 2.59. The van der Waals surface area contributed by atoms with E-state index in [9.17, 15) is 13.9 Å². The number of phenols is 1. The highest BCUT2D eigenvalue weighted by Gasteiger charge is 2.07. The van der Waals surface area contributed by atoms with Crippen molar-refractivity contribution in [2.24, 2.45) is 4.99 Å². The first-order valence-corrected chi connectivity index (χ1v) is 7.28. The van der Waals surface area contributed by atoms with Gasteiger partial charge in [-0.15, -0.1) is 0 Å². The topological polar surface area (TPSA) is 65.9 Å². The molecule has 2 rings (SSSR count). The summed E-state index contributed by atoms with van der Waals surface area (Å²) in [4.78, 5) is 4.01. The van der Waals surface area contributed by atoms with Gasteiger partial charge >= 0.3 is 0 Å². The first-order valence-electron chi connectivity index (χ1n) is 7.28. The Balaban J connectivity index is 1.97. The zero-order chi connectivity index (χ0) is 17.5. The SMILES string of the molecule is CN=C(NCc1cc(OC)ccc1O)NCc1cc(F)ccc1F. The summed E-state index contributed by atoms with van der Waals surface area (Å²) in [5, 5.41) is 15.7. The summed E-state index contributed by atoms with van der Waals surface area (Å²) in [6.45, 7) is 0.363. The first kappa shape index (κ1) is 17.5. The second-order valence-corrected chi connectivity index (χ2v) is 5.01. The van der Waals surface area contributed by atoms with Gasteiger partial charge in [0.05, 0.1) is 7.11 Å². The Morgan fingerprint density at radius 3 is 2.46 bits per heavy atom. The van der Waals surface area contributed by atoms with Gasteiger partial charge in [0.1, 0.15) is 23.1 Å². The third kappa shape index (κ3) is 4.58. The Labute approximate surface area is 139 Å². The second kappa shape index (κ2) is 8.14. The number of halogens is 2. The molecule has 0 atom stereocenters. The monoisotopic (exact) mass is 335 g/mol. The molecule has 0 aliphatic heterocycles. The van der Waals surface area contributed by atoms with Gasteiger partial charge in [-0.05, 0) is 36.4 Å². The van der Waals surface area contributed by atoms with Crippen molar-refractivity contribution in [3.8, 4) is 11.5 Å². The lowest BCUT2D eigenvalue weighted by atomic mass is 10.2. The van der Waals surface area contributed by atoms with Crippen LogP contribution in [0.2, 0.25) is 0 Å². The van der Waals surface area contributed by atoms with Crippen LogP contribution >= 0.6 is 0 Å². The van der Waals surface area contributed by atoms with Crippen LogP contribution in [0.4, 0.5) is 8.78 Å². The summed E-state index contributed by atoms with van der Waals surface area (Å²) in [6.07, 6.45) is 0. The lowest BCUT2D eigenvalue weighted by Gasteiger charge is -2.13. The van der Waals surface area contributed by atoms with E-state index in [2.05, 4.69) is 15.6 Å². The first-order chi connectivity index (χ1) is 11.5. The van der Waals surface area contributed by atoms with Crippen LogP contribution in [-0.4, -0.2) is 25.2 Å². The van der Waals surface area contributed by atoms with E-state index in [1.807, 2.05) is 0 Å². The number of rotatable bonds is 5. The van der Waals surface area contributed by atoms with Gasteiger partial charge in [-0.25, -0.2) is 8.78 Å². The number of hydrogen-bond donors (Lipinski definition) is 3. The van der Waals surface area contributed by atoms with Gasteiger partial charge in [0.15, 0.2) is 5.96 Å². The molecule has 0 saturated heterocycles. The van der Waals surface area contributed by atoms with E-state index in [4.69, 9.17) is 4.74 Å². The van der Waals surface area contributed by atoms with Crippen molar-refractivity contribution < 1.29 is 18.6 Å². The molecule has 0 amide bonds. The van der Waals surface area contributed by atoms with Gasteiger partial charge in [0.2, 0.25) is 0 Å². The standard InChI is InChI=1S/C17H19F2N3O2/c1-20-17(21-9-11-7-13(18)3-5-15(11)19)22-10-12-8-14(24-2)4-6-16(12)23/h3-8,23H,9-10H2,1-2H3,(H2,20,21,22). The fourth-order valence-electron chi connectivity index (χ4n) is 2.09. The maximum Gasteiger partial charge on any atom is 0.191 e. The van der Waals surface area contributed by atoms with E-state index in [0.29, 0.717) is 17.3 Å². The number of guanidine groups is 1. The molecule has 24 heavy (non-hydrogen) atoms. The van der Waals surface area contributed by atoms with Crippen molar-refractivity contribution in [1.82, 2.24) is 10.6 Å². The van der Waals surface area contributed by atoms with Gasteiger partial charge in [-0.3, -0.25) is 4.99 Å². The molecule has 0 heterocycles. The molecule has 0 aliphatic carbocycles. The zero-order valence-electron chi connectivity index (χ0n) is 13.4. The summed E-state index contributed by atoms with van der Waals surface area (Å²) >= 11 is 0. The molecular weight excluding hydrogens is 316 g/mol. The largest absolute Gasteiger partial charge is 0.508 e. The maximum absolute atomic E-state index is 13.6. The summed E-state index contributed by atoms with van der Waals surface area (Å²) < 4.78 is 31.9. The van der Waals surface area contributed by atoms with Crippen molar-refractivity contribution in [2.45, 2.75) is 13.1 Å². The quantitative estimate of drug-likeness (QED) is 0.580. The fourth-order valence-corrected chi connectivity index (χ4v) is 2.09. The molecule has 5 nitrogen and oxygen atoms in total. The van der Waals surface area contributed by atoms with Gasteiger partial charge in [0.25, 0.3) is 0 Å². The molecular formula is C17H19F2N3O2. The van der Waals surface area contributed by atoms with E-state index in [1.54, 1.807) is 19.2 Å². The number of phenolic OH excluding ortho intramolecular Hbond substituents is 1. The van der Waals surface area contributed by atoms with Crippen molar-refractivity contribution in [3.63, 3.8) is 0 Å². The molecule has 2 aromatic carbocycles. The van der Waals surface area contributed by atoms with E-state index in [-0.39, 0.29) is 24.4 Å². The highest BCUT2D eigenvalue weighted by Crippen LogP contribution is 2.22. The maximum atomic E-state index is 13.6. The smallest absolute Gasteiger partial charge is 0.191 e. The normalized spacial score (nSPS) is 11.2. The molecule has 0 aromatic heterocycles. The highest BCUT2D eigenvalue weighted by atomic mass is 19.1. The van der Waals surface area contributed by atoms with E-state index < -0.39 is 11.6 Å². The van der Waals surface area contributed by atoms with Crippen LogP contribution in [0.15, 0.2) is 41.4 Å². The van der Waals surface area contributed by atoms with Crippen molar-refractivity contribution in [1.29, 1.82) is 0 Å². The molecule has 0 radical (unpaired) electrons. The molecule has 7 heteroatoms. The Morgan fingerprint density at radius 1 is 1.08 bits per heavy atom. The summed E-state index contributed by atoms with van der Waals surface area (Å²) in [6, 6.07) is 8.16. The number of aliphatic imine (C=N–C) groups is 1. The van der Waals surface area contributed by atoms with E-state index >= 15 is 0 Å². The molecule has 0 fully saturated rings.